The van der Waals surface area contributed by atoms with E-state index in [0.717, 1.165) is 27.9 Å². The van der Waals surface area contributed by atoms with E-state index in [1.54, 1.807) is 0 Å². The van der Waals surface area contributed by atoms with Crippen molar-refractivity contribution in [3.05, 3.63) is 182 Å². The van der Waals surface area contributed by atoms with Crippen LogP contribution in [0.15, 0.2) is 186 Å². The van der Waals surface area contributed by atoms with Gasteiger partial charge in [0.25, 0.3) is 0 Å². The summed E-state index contributed by atoms with van der Waals surface area (Å²) >= 11 is 0. The molecule has 0 saturated heterocycles. The highest BCUT2D eigenvalue weighted by atomic mass is 16.3. The van der Waals surface area contributed by atoms with Gasteiger partial charge >= 0.3 is 0 Å². The molecule has 0 aliphatic rings. The summed E-state index contributed by atoms with van der Waals surface area (Å²) in [6.45, 7) is 0. The quantitative estimate of drug-likeness (QED) is 0.188. The lowest BCUT2D eigenvalue weighted by Crippen LogP contribution is -1.93. The highest BCUT2D eigenvalue weighted by Gasteiger charge is 2.15. The number of nitrogens with zero attached hydrogens (tertiary/aromatic N) is 2. The van der Waals surface area contributed by atoms with Crippen molar-refractivity contribution in [1.82, 2.24) is 9.55 Å². The van der Waals surface area contributed by atoms with Crippen LogP contribution in [0.5, 0.6) is 0 Å². The molecule has 3 nitrogen and oxygen atoms in total. The SMILES string of the molecule is c1ccc(-n2c3ccc(-c4ccc(-c5ccc6ccccc6c5)cc4)cc3c3cc(-c4ccc(-c5nc6ccccc6o5)cc4)ccc32)cc1. The lowest BCUT2D eigenvalue weighted by molar-refractivity contribution is 0.620. The van der Waals surface area contributed by atoms with Crippen molar-refractivity contribution >= 4 is 43.7 Å². The molecule has 3 heteroatoms. The molecule has 2 heterocycles. The Hall–Kier alpha value is -6.71. The minimum atomic E-state index is 0.636. The Bertz CT molecular complexity index is 2810. The Morgan fingerprint density at radius 1 is 0.380 bits per heavy atom. The monoisotopic (exact) mass is 638 g/mol. The number of para-hydroxylation sites is 3. The Labute approximate surface area is 289 Å². The van der Waals surface area contributed by atoms with Crippen molar-refractivity contribution in [3.8, 4) is 50.5 Å². The van der Waals surface area contributed by atoms with E-state index in [4.69, 9.17) is 4.42 Å². The average molecular weight is 639 g/mol. The Morgan fingerprint density at radius 2 is 0.880 bits per heavy atom. The zero-order chi connectivity index (χ0) is 33.0. The van der Waals surface area contributed by atoms with Crippen LogP contribution in [0.25, 0.3) is 94.2 Å². The van der Waals surface area contributed by atoms with Gasteiger partial charge in [-0.2, -0.15) is 0 Å². The van der Waals surface area contributed by atoms with Crippen molar-refractivity contribution in [2.75, 3.05) is 0 Å². The van der Waals surface area contributed by atoms with Crippen LogP contribution in [-0.2, 0) is 0 Å². The molecule has 0 amide bonds. The maximum Gasteiger partial charge on any atom is 0.227 e. The van der Waals surface area contributed by atoms with Gasteiger partial charge in [-0.1, -0.05) is 115 Å². The smallest absolute Gasteiger partial charge is 0.227 e. The highest BCUT2D eigenvalue weighted by molar-refractivity contribution is 6.11. The first-order chi connectivity index (χ1) is 24.7. The van der Waals surface area contributed by atoms with Gasteiger partial charge in [0.15, 0.2) is 5.58 Å². The minimum Gasteiger partial charge on any atom is -0.436 e. The van der Waals surface area contributed by atoms with E-state index < -0.39 is 0 Å². The predicted octanol–water partition coefficient (Wildman–Crippen LogP) is 12.7. The zero-order valence-electron chi connectivity index (χ0n) is 27.1. The van der Waals surface area contributed by atoms with Crippen LogP contribution in [-0.4, -0.2) is 9.55 Å². The van der Waals surface area contributed by atoms with Gasteiger partial charge in [-0.05, 0) is 111 Å². The van der Waals surface area contributed by atoms with Gasteiger partial charge in [-0.15, -0.1) is 0 Å². The molecule has 0 aliphatic heterocycles. The number of hydrogen-bond acceptors (Lipinski definition) is 2. The molecule has 8 aromatic carbocycles. The minimum absolute atomic E-state index is 0.636. The van der Waals surface area contributed by atoms with Gasteiger partial charge < -0.3 is 8.98 Å². The van der Waals surface area contributed by atoms with E-state index >= 15 is 0 Å². The summed E-state index contributed by atoms with van der Waals surface area (Å²) in [5, 5.41) is 4.97. The Balaban J connectivity index is 1.05. The maximum absolute atomic E-state index is 6.03. The summed E-state index contributed by atoms with van der Waals surface area (Å²) in [6.07, 6.45) is 0. The second kappa shape index (κ2) is 11.5. The predicted molar refractivity (Wildman–Crippen MR) is 208 cm³/mol. The van der Waals surface area contributed by atoms with Crippen LogP contribution in [0.1, 0.15) is 0 Å². The number of aromatic nitrogens is 2. The number of rotatable bonds is 5. The molecule has 10 rings (SSSR count). The number of oxazole rings is 1. The third kappa shape index (κ3) is 4.79. The molecule has 0 bridgehead atoms. The van der Waals surface area contributed by atoms with Gasteiger partial charge in [0.1, 0.15) is 5.52 Å². The van der Waals surface area contributed by atoms with E-state index in [9.17, 15) is 0 Å². The van der Waals surface area contributed by atoms with E-state index in [1.165, 1.54) is 60.4 Å². The Morgan fingerprint density at radius 3 is 1.52 bits per heavy atom. The van der Waals surface area contributed by atoms with Crippen molar-refractivity contribution in [2.45, 2.75) is 0 Å². The van der Waals surface area contributed by atoms with Crippen LogP contribution >= 0.6 is 0 Å². The van der Waals surface area contributed by atoms with E-state index in [-0.39, 0.29) is 0 Å². The van der Waals surface area contributed by atoms with Crippen LogP contribution < -0.4 is 0 Å². The Kier molecular flexibility index (Phi) is 6.49. The fourth-order valence-electron chi connectivity index (χ4n) is 7.26. The third-order valence-corrected chi connectivity index (χ3v) is 9.84. The summed E-state index contributed by atoms with van der Waals surface area (Å²) in [5.41, 5.74) is 13.3. The normalized spacial score (nSPS) is 11.6. The molecule has 0 N–H and O–H groups in total. The molecule has 0 unspecified atom stereocenters. The number of fused-ring (bicyclic) bond motifs is 5. The molecular formula is C47H30N2O. The van der Waals surface area contributed by atoms with Gasteiger partial charge in [-0.25, -0.2) is 4.98 Å². The molecule has 2 aromatic heterocycles. The highest BCUT2D eigenvalue weighted by Crippen LogP contribution is 2.38. The first-order valence-electron chi connectivity index (χ1n) is 16.9. The molecule has 234 valence electrons. The fourth-order valence-corrected chi connectivity index (χ4v) is 7.26. The second-order valence-corrected chi connectivity index (χ2v) is 12.8. The number of benzene rings is 8. The van der Waals surface area contributed by atoms with Gasteiger partial charge in [0.05, 0.1) is 11.0 Å². The largest absolute Gasteiger partial charge is 0.436 e. The van der Waals surface area contributed by atoms with E-state index in [2.05, 4.69) is 167 Å². The average Bonchev–Trinajstić information content (AvgIpc) is 3.77. The summed E-state index contributed by atoms with van der Waals surface area (Å²) in [4.78, 5) is 4.69. The van der Waals surface area contributed by atoms with Gasteiger partial charge in [-0.3, -0.25) is 0 Å². The van der Waals surface area contributed by atoms with Crippen LogP contribution in [0, 0.1) is 0 Å². The first kappa shape index (κ1) is 28.3. The zero-order valence-corrected chi connectivity index (χ0v) is 27.1. The lowest BCUT2D eigenvalue weighted by atomic mass is 9.97. The standard InChI is InChI=1S/C47H30N2O/c1-2-10-40(11-3-1)49-44-26-24-38(33-16-14-32(15-17-33)37-23-20-31-8-4-5-9-36(31)28-37)29-41(44)42-30-39(25-27-45(42)49)34-18-21-35(22-19-34)47-48-43-12-6-7-13-46(43)50-47/h1-30H. The van der Waals surface area contributed by atoms with Crippen molar-refractivity contribution in [2.24, 2.45) is 0 Å². The first-order valence-corrected chi connectivity index (χ1v) is 16.9. The molecule has 0 spiro atoms. The topological polar surface area (TPSA) is 31.0 Å². The molecule has 50 heavy (non-hydrogen) atoms. The van der Waals surface area contributed by atoms with Crippen molar-refractivity contribution < 1.29 is 4.42 Å². The van der Waals surface area contributed by atoms with E-state index in [0.29, 0.717) is 5.89 Å². The van der Waals surface area contributed by atoms with Crippen molar-refractivity contribution in [3.63, 3.8) is 0 Å². The molecule has 0 fully saturated rings. The summed E-state index contributed by atoms with van der Waals surface area (Å²) < 4.78 is 8.40. The molecule has 0 saturated carbocycles. The maximum atomic E-state index is 6.03. The molecule has 10 aromatic rings. The summed E-state index contributed by atoms with van der Waals surface area (Å²) in [5.74, 6) is 0.636. The van der Waals surface area contributed by atoms with Crippen molar-refractivity contribution in [1.29, 1.82) is 0 Å². The van der Waals surface area contributed by atoms with E-state index in [1.807, 2.05) is 24.3 Å². The second-order valence-electron chi connectivity index (χ2n) is 12.8. The van der Waals surface area contributed by atoms with Crippen LogP contribution in [0.3, 0.4) is 0 Å². The van der Waals surface area contributed by atoms with Gasteiger partial charge in [0.2, 0.25) is 5.89 Å². The molecule has 0 atom stereocenters. The van der Waals surface area contributed by atoms with Crippen LogP contribution in [0.4, 0.5) is 0 Å². The molecule has 0 radical (unpaired) electrons. The molecule has 0 aliphatic carbocycles. The molecular weight excluding hydrogens is 609 g/mol. The fraction of sp³-hybridized carbons (Fsp3) is 0. The summed E-state index contributed by atoms with van der Waals surface area (Å²) in [7, 11) is 0. The van der Waals surface area contributed by atoms with Gasteiger partial charge in [0, 0.05) is 22.0 Å². The third-order valence-electron chi connectivity index (χ3n) is 9.84. The number of hydrogen-bond donors (Lipinski definition) is 0. The van der Waals surface area contributed by atoms with Crippen LogP contribution in [0.2, 0.25) is 0 Å². The summed E-state index contributed by atoms with van der Waals surface area (Å²) in [6, 6.07) is 64.9. The lowest BCUT2D eigenvalue weighted by Gasteiger charge is -2.09.